The Bertz CT molecular complexity index is 1500. The molecule has 2 heterocycles. The van der Waals surface area contributed by atoms with Crippen molar-refractivity contribution < 1.29 is 26.4 Å². The Morgan fingerprint density at radius 2 is 1.54 bits per heavy atom. The quantitative estimate of drug-likeness (QED) is 0.470. The van der Waals surface area contributed by atoms with Crippen molar-refractivity contribution in [3.63, 3.8) is 0 Å². The van der Waals surface area contributed by atoms with Crippen molar-refractivity contribution in [1.29, 1.82) is 0 Å². The summed E-state index contributed by atoms with van der Waals surface area (Å²) in [4.78, 5) is 17.4. The predicted octanol–water partition coefficient (Wildman–Crippen LogP) is 3.38. The van der Waals surface area contributed by atoms with Crippen LogP contribution in [-0.4, -0.2) is 66.7 Å². The first kappa shape index (κ1) is 27.0. The van der Waals surface area contributed by atoms with Gasteiger partial charge in [0.25, 0.3) is 5.91 Å². The van der Waals surface area contributed by atoms with Gasteiger partial charge in [-0.2, -0.15) is 0 Å². The number of halogens is 1. The highest BCUT2D eigenvalue weighted by molar-refractivity contribution is 7.96. The third-order valence-corrected chi connectivity index (χ3v) is 10.9. The minimum absolute atomic E-state index is 0. The van der Waals surface area contributed by atoms with Crippen LogP contribution in [0.4, 0.5) is 5.69 Å². The van der Waals surface area contributed by atoms with Crippen molar-refractivity contribution in [1.82, 2.24) is 4.90 Å². The molecule has 11 heteroatoms. The van der Waals surface area contributed by atoms with Crippen LogP contribution in [0.3, 0.4) is 0 Å². The molecule has 0 aliphatic carbocycles. The summed E-state index contributed by atoms with van der Waals surface area (Å²) >= 11 is 0. The number of sulfone groups is 2. The van der Waals surface area contributed by atoms with Crippen LogP contribution in [0.1, 0.15) is 21.2 Å². The molecule has 1 fully saturated rings. The van der Waals surface area contributed by atoms with Gasteiger partial charge in [-0.15, -0.1) is 12.4 Å². The Hall–Kier alpha value is -3.08. The number of carbonyl (C=O) groups is 1. The van der Waals surface area contributed by atoms with Gasteiger partial charge in [0.05, 0.1) is 22.7 Å². The van der Waals surface area contributed by atoms with E-state index in [1.165, 1.54) is 30.3 Å². The summed E-state index contributed by atoms with van der Waals surface area (Å²) < 4.78 is 58.0. The zero-order valence-corrected chi connectivity index (χ0v) is 22.6. The average Bonchev–Trinajstić information content (AvgIpc) is 3.20. The molecule has 2 aliphatic heterocycles. The van der Waals surface area contributed by atoms with Gasteiger partial charge >= 0.3 is 0 Å². The van der Waals surface area contributed by atoms with E-state index in [1.807, 2.05) is 24.3 Å². The number of piperazine rings is 1. The van der Waals surface area contributed by atoms with Crippen LogP contribution in [-0.2, 0) is 19.7 Å². The summed E-state index contributed by atoms with van der Waals surface area (Å²) in [5.74, 6) is -0.165. The monoisotopic (exact) mass is 562 g/mol. The summed E-state index contributed by atoms with van der Waals surface area (Å²) in [6.07, 6.45) is 0. The van der Waals surface area contributed by atoms with Crippen LogP contribution >= 0.6 is 12.4 Å². The summed E-state index contributed by atoms with van der Waals surface area (Å²) in [6, 6.07) is 19.9. The van der Waals surface area contributed by atoms with Gasteiger partial charge in [0.2, 0.25) is 0 Å². The smallest absolute Gasteiger partial charge is 0.254 e. The van der Waals surface area contributed by atoms with E-state index in [2.05, 4.69) is 4.90 Å². The molecule has 5 rings (SSSR count). The minimum Gasteiger partial charge on any atom is -0.497 e. The number of nitrogens with zero attached hydrogens (tertiary/aromatic N) is 2. The maximum atomic E-state index is 13.6. The Morgan fingerprint density at radius 1 is 0.892 bits per heavy atom. The van der Waals surface area contributed by atoms with Gasteiger partial charge in [0.15, 0.2) is 19.7 Å². The third kappa shape index (κ3) is 4.93. The Kier molecular flexibility index (Phi) is 7.55. The topological polar surface area (TPSA) is 101 Å². The van der Waals surface area contributed by atoms with E-state index >= 15 is 0 Å². The van der Waals surface area contributed by atoms with Crippen molar-refractivity contribution in [3.8, 4) is 5.75 Å². The van der Waals surface area contributed by atoms with Crippen LogP contribution in [0.25, 0.3) is 0 Å². The van der Waals surface area contributed by atoms with Crippen molar-refractivity contribution in [3.05, 3.63) is 83.9 Å². The molecule has 0 N–H and O–H groups in total. The van der Waals surface area contributed by atoms with Crippen LogP contribution in [0.15, 0.2) is 82.6 Å². The lowest BCUT2D eigenvalue weighted by molar-refractivity contribution is 0.0745. The minimum atomic E-state index is -4.03. The number of hydrogen-bond donors (Lipinski definition) is 0. The number of anilines is 1. The van der Waals surface area contributed by atoms with Crippen LogP contribution < -0.4 is 9.64 Å². The number of amides is 1. The number of fused-ring (bicyclic) bond motifs is 1. The first-order valence-corrected chi connectivity index (χ1v) is 14.7. The molecule has 37 heavy (non-hydrogen) atoms. The van der Waals surface area contributed by atoms with Crippen molar-refractivity contribution in [2.24, 2.45) is 0 Å². The van der Waals surface area contributed by atoms with Crippen molar-refractivity contribution >= 4 is 43.7 Å². The third-order valence-electron chi connectivity index (χ3n) is 6.78. The number of carbonyl (C=O) groups excluding carboxylic acids is 1. The van der Waals surface area contributed by atoms with E-state index in [-0.39, 0.29) is 39.2 Å². The first-order chi connectivity index (χ1) is 17.2. The molecule has 1 saturated heterocycles. The normalized spacial score (nSPS) is 18.6. The number of rotatable bonds is 5. The lowest BCUT2D eigenvalue weighted by Gasteiger charge is -2.36. The van der Waals surface area contributed by atoms with Gasteiger partial charge in [-0.1, -0.05) is 24.3 Å². The van der Waals surface area contributed by atoms with Crippen LogP contribution in [0.5, 0.6) is 5.75 Å². The summed E-state index contributed by atoms with van der Waals surface area (Å²) in [6.45, 7) is 2.04. The first-order valence-electron chi connectivity index (χ1n) is 11.6. The van der Waals surface area contributed by atoms with Crippen molar-refractivity contribution in [2.75, 3.05) is 43.9 Å². The fourth-order valence-corrected chi connectivity index (χ4v) is 9.23. The molecular weight excluding hydrogens is 536 g/mol. The van der Waals surface area contributed by atoms with E-state index in [1.54, 1.807) is 30.2 Å². The fourth-order valence-electron chi connectivity index (χ4n) is 4.86. The number of benzene rings is 3. The zero-order valence-electron chi connectivity index (χ0n) is 20.1. The van der Waals surface area contributed by atoms with Gasteiger partial charge in [-0.25, -0.2) is 16.8 Å². The van der Waals surface area contributed by atoms with Gasteiger partial charge in [0.1, 0.15) is 11.0 Å². The van der Waals surface area contributed by atoms with E-state index in [9.17, 15) is 21.6 Å². The lowest BCUT2D eigenvalue weighted by Crippen LogP contribution is -2.49. The highest BCUT2D eigenvalue weighted by Crippen LogP contribution is 2.43. The van der Waals surface area contributed by atoms with Gasteiger partial charge < -0.3 is 14.5 Å². The molecule has 196 valence electrons. The Labute approximate surface area is 223 Å². The molecule has 0 saturated carbocycles. The summed E-state index contributed by atoms with van der Waals surface area (Å²) in [5, 5.41) is -1.33. The lowest BCUT2D eigenvalue weighted by atomic mass is 10.0. The number of hydrogen-bond acceptors (Lipinski definition) is 7. The van der Waals surface area contributed by atoms with E-state index in [0.29, 0.717) is 26.2 Å². The predicted molar refractivity (Wildman–Crippen MR) is 143 cm³/mol. The molecule has 1 atom stereocenters. The van der Waals surface area contributed by atoms with E-state index < -0.39 is 30.7 Å². The molecule has 0 aromatic heterocycles. The maximum absolute atomic E-state index is 13.6. The zero-order chi connectivity index (χ0) is 25.5. The molecule has 8 nitrogen and oxygen atoms in total. The molecule has 3 aromatic rings. The molecule has 1 unspecified atom stereocenters. The molecular formula is C26H27ClN2O6S2. The number of methoxy groups -OCH3 is 1. The highest BCUT2D eigenvalue weighted by Gasteiger charge is 2.45. The SMILES string of the molecule is COc1ccc(N2CCN(C(=O)c3cccc4c3C(S(=O)(=O)c3ccccc3)CS4(=O)=O)CC2)cc1.Cl. The second-order valence-electron chi connectivity index (χ2n) is 8.82. The molecule has 1 amide bonds. The Balaban J connectivity index is 0.00000320. The average molecular weight is 563 g/mol. The summed E-state index contributed by atoms with van der Waals surface area (Å²) in [7, 11) is -6.27. The Morgan fingerprint density at radius 3 is 2.16 bits per heavy atom. The molecule has 3 aromatic carbocycles. The van der Waals surface area contributed by atoms with E-state index in [4.69, 9.17) is 4.74 Å². The summed E-state index contributed by atoms with van der Waals surface area (Å²) in [5.41, 5.74) is 1.24. The molecule has 0 spiro atoms. The molecule has 0 bridgehead atoms. The second kappa shape index (κ2) is 10.4. The fraction of sp³-hybridized carbons (Fsp3) is 0.269. The van der Waals surface area contributed by atoms with Gasteiger partial charge in [-0.3, -0.25) is 4.79 Å². The standard InChI is InChI=1S/C26H26N2O6S2.ClH/c1-34-20-12-10-19(11-13-20)27-14-16-28(17-15-27)26(29)22-8-5-9-23-25(22)24(18-35(23,30)31)36(32,33)21-6-3-2-4-7-21;/h2-13,24H,14-18H2,1H3;1H. The van der Waals surface area contributed by atoms with Gasteiger partial charge in [-0.05, 0) is 48.5 Å². The maximum Gasteiger partial charge on any atom is 0.254 e. The van der Waals surface area contributed by atoms with Crippen LogP contribution in [0, 0.1) is 0 Å². The van der Waals surface area contributed by atoms with Crippen molar-refractivity contribution in [2.45, 2.75) is 15.0 Å². The second-order valence-corrected chi connectivity index (χ2v) is 13.0. The van der Waals surface area contributed by atoms with E-state index in [0.717, 1.165) is 11.4 Å². The van der Waals surface area contributed by atoms with Crippen LogP contribution in [0.2, 0.25) is 0 Å². The largest absolute Gasteiger partial charge is 0.497 e. The molecule has 2 aliphatic rings. The van der Waals surface area contributed by atoms with Gasteiger partial charge in [0, 0.05) is 43.0 Å². The highest BCUT2D eigenvalue weighted by atomic mass is 35.5. The number of ether oxygens (including phenoxy) is 1. The molecule has 0 radical (unpaired) electrons.